The number of urea groups is 1. The third-order valence-electron chi connectivity index (χ3n) is 7.29. The van der Waals surface area contributed by atoms with Gasteiger partial charge in [0, 0.05) is 57.5 Å². The molecule has 0 saturated carbocycles. The molecular formula is C27H29F6N5O2. The summed E-state index contributed by atoms with van der Waals surface area (Å²) in [4.78, 5) is 20.2. The zero-order chi connectivity index (χ0) is 28.8. The first-order valence-electron chi connectivity index (χ1n) is 13.0. The standard InChI is InChI=1S/C27H29F6N5O2/c1-16-9-20(28)21(34-25(39)37-4-3-17(13-37)12-27(31,32)33)11-19(16)18-10-22(36-5-7-40-8-6-36)24-35-23(26(2,29)30)15-38(24)14-18/h9-11,14-15,17H,3-8,12-13H2,1-2H3,(H,34,39)/t17-/m0/s1. The fourth-order valence-corrected chi connectivity index (χ4v) is 5.26. The lowest BCUT2D eigenvalue weighted by Gasteiger charge is -2.29. The molecule has 2 amide bonds. The number of aromatic nitrogens is 2. The molecule has 0 radical (unpaired) electrons. The van der Waals surface area contributed by atoms with E-state index in [2.05, 4.69) is 10.3 Å². The van der Waals surface area contributed by atoms with Crippen LogP contribution in [0.15, 0.2) is 30.6 Å². The van der Waals surface area contributed by atoms with Crippen molar-refractivity contribution in [2.24, 2.45) is 5.92 Å². The van der Waals surface area contributed by atoms with Gasteiger partial charge in [0.2, 0.25) is 0 Å². The van der Waals surface area contributed by atoms with Crippen molar-refractivity contribution in [2.75, 3.05) is 49.6 Å². The Morgan fingerprint density at radius 3 is 2.50 bits per heavy atom. The quantitative estimate of drug-likeness (QED) is 0.372. The molecule has 0 unspecified atom stereocenters. The Balaban J connectivity index is 1.48. The van der Waals surface area contributed by atoms with Crippen molar-refractivity contribution < 1.29 is 35.9 Å². The zero-order valence-electron chi connectivity index (χ0n) is 22.0. The molecule has 2 saturated heterocycles. The lowest BCUT2D eigenvalue weighted by atomic mass is 10.00. The fourth-order valence-electron chi connectivity index (χ4n) is 5.26. The fraction of sp³-hybridized carbons (Fsp3) is 0.481. The number of nitrogens with one attached hydrogen (secondary N) is 1. The number of ether oxygens (including phenoxy) is 1. The summed E-state index contributed by atoms with van der Waals surface area (Å²) in [6.07, 6.45) is -2.21. The monoisotopic (exact) mass is 569 g/mol. The van der Waals surface area contributed by atoms with Crippen LogP contribution in [0.1, 0.15) is 31.0 Å². The average Bonchev–Trinajstić information content (AvgIpc) is 3.52. The van der Waals surface area contributed by atoms with E-state index in [9.17, 15) is 31.1 Å². The molecule has 0 spiro atoms. The molecule has 40 heavy (non-hydrogen) atoms. The summed E-state index contributed by atoms with van der Waals surface area (Å²) in [5, 5.41) is 2.50. The predicted molar refractivity (Wildman–Crippen MR) is 137 cm³/mol. The first kappa shape index (κ1) is 28.1. The van der Waals surface area contributed by atoms with E-state index in [-0.39, 0.29) is 25.2 Å². The van der Waals surface area contributed by atoms with Crippen molar-refractivity contribution in [1.29, 1.82) is 0 Å². The van der Waals surface area contributed by atoms with Crippen LogP contribution in [0.5, 0.6) is 0 Å². The molecule has 3 aromatic rings. The van der Waals surface area contributed by atoms with Crippen LogP contribution in [0.4, 0.5) is 42.5 Å². The molecule has 1 aromatic carbocycles. The molecule has 1 atom stereocenters. The normalized spacial score (nSPS) is 18.6. The minimum atomic E-state index is -4.32. The molecule has 4 heterocycles. The van der Waals surface area contributed by atoms with Gasteiger partial charge in [-0.3, -0.25) is 0 Å². The second kappa shape index (κ2) is 10.5. The van der Waals surface area contributed by atoms with Crippen LogP contribution < -0.4 is 10.2 Å². The van der Waals surface area contributed by atoms with Crippen molar-refractivity contribution in [2.45, 2.75) is 38.8 Å². The predicted octanol–water partition coefficient (Wildman–Crippen LogP) is 6.20. The SMILES string of the molecule is Cc1cc(F)c(NC(=O)N2CC[C@@H](CC(F)(F)F)C2)cc1-c1cc(N2CCOCC2)c2nc(C(C)(F)F)cn2c1. The Kier molecular flexibility index (Phi) is 7.36. The number of likely N-dealkylation sites (tertiary alicyclic amines) is 1. The summed E-state index contributed by atoms with van der Waals surface area (Å²) < 4.78 is 88.5. The molecule has 2 aliphatic rings. The van der Waals surface area contributed by atoms with Gasteiger partial charge in [-0.15, -0.1) is 0 Å². The highest BCUT2D eigenvalue weighted by Gasteiger charge is 2.36. The van der Waals surface area contributed by atoms with Gasteiger partial charge in [0.25, 0.3) is 5.92 Å². The van der Waals surface area contributed by atoms with E-state index in [1.165, 1.54) is 27.6 Å². The molecule has 7 nitrogen and oxygen atoms in total. The van der Waals surface area contributed by atoms with E-state index in [1.807, 2.05) is 4.90 Å². The van der Waals surface area contributed by atoms with Crippen LogP contribution in [0.25, 0.3) is 16.8 Å². The highest BCUT2D eigenvalue weighted by Crippen LogP contribution is 2.36. The highest BCUT2D eigenvalue weighted by molar-refractivity contribution is 5.91. The Bertz CT molecular complexity index is 1410. The summed E-state index contributed by atoms with van der Waals surface area (Å²) >= 11 is 0. The van der Waals surface area contributed by atoms with Crippen molar-refractivity contribution in [3.63, 3.8) is 0 Å². The summed E-state index contributed by atoms with van der Waals surface area (Å²) in [6.45, 7) is 4.49. The van der Waals surface area contributed by atoms with Crippen LogP contribution in [-0.2, 0) is 10.7 Å². The number of nitrogens with zero attached hydrogens (tertiary/aromatic N) is 4. The Hall–Kier alpha value is -3.48. The molecule has 0 bridgehead atoms. The summed E-state index contributed by atoms with van der Waals surface area (Å²) in [5.74, 6) is -4.57. The number of carbonyl (C=O) groups excluding carboxylic acids is 1. The largest absolute Gasteiger partial charge is 0.389 e. The number of pyridine rings is 1. The van der Waals surface area contributed by atoms with Crippen molar-refractivity contribution >= 4 is 23.1 Å². The van der Waals surface area contributed by atoms with Crippen LogP contribution >= 0.6 is 0 Å². The van der Waals surface area contributed by atoms with Crippen LogP contribution in [0.2, 0.25) is 0 Å². The second-order valence-corrected chi connectivity index (χ2v) is 10.5. The van der Waals surface area contributed by atoms with E-state index in [4.69, 9.17) is 4.74 Å². The molecule has 2 aliphatic heterocycles. The van der Waals surface area contributed by atoms with Gasteiger partial charge >= 0.3 is 12.2 Å². The molecule has 2 fully saturated rings. The first-order valence-corrected chi connectivity index (χ1v) is 13.0. The summed E-state index contributed by atoms with van der Waals surface area (Å²) in [6, 6.07) is 3.80. The number of rotatable bonds is 5. The van der Waals surface area contributed by atoms with Gasteiger partial charge in [-0.25, -0.2) is 14.2 Å². The third kappa shape index (κ3) is 5.98. The van der Waals surface area contributed by atoms with E-state index >= 15 is 0 Å². The van der Waals surface area contributed by atoms with Crippen LogP contribution in [0.3, 0.4) is 0 Å². The van der Waals surface area contributed by atoms with Crippen molar-refractivity contribution in [1.82, 2.24) is 14.3 Å². The summed E-state index contributed by atoms with van der Waals surface area (Å²) in [7, 11) is 0. The number of hydrogen-bond acceptors (Lipinski definition) is 4. The number of halogens is 6. The third-order valence-corrected chi connectivity index (χ3v) is 7.29. The lowest BCUT2D eigenvalue weighted by Crippen LogP contribution is -2.36. The number of hydrogen-bond donors (Lipinski definition) is 1. The van der Waals surface area contributed by atoms with Crippen molar-refractivity contribution in [3.05, 3.63) is 47.7 Å². The maximum atomic E-state index is 14.9. The molecular weight excluding hydrogens is 540 g/mol. The summed E-state index contributed by atoms with van der Waals surface area (Å²) in [5.41, 5.74) is 2.09. The van der Waals surface area contributed by atoms with E-state index in [1.54, 1.807) is 19.2 Å². The topological polar surface area (TPSA) is 62.1 Å². The Morgan fingerprint density at radius 1 is 1.10 bits per heavy atom. The number of amides is 2. The smallest absolute Gasteiger partial charge is 0.378 e. The van der Waals surface area contributed by atoms with E-state index in [0.717, 1.165) is 6.92 Å². The van der Waals surface area contributed by atoms with E-state index in [0.29, 0.717) is 54.3 Å². The van der Waals surface area contributed by atoms with Gasteiger partial charge in [0.05, 0.1) is 24.6 Å². The number of anilines is 2. The van der Waals surface area contributed by atoms with Gasteiger partial charge in [-0.1, -0.05) is 0 Å². The molecule has 1 N–H and O–H groups in total. The van der Waals surface area contributed by atoms with Gasteiger partial charge in [0.1, 0.15) is 11.5 Å². The van der Waals surface area contributed by atoms with Crippen molar-refractivity contribution in [3.8, 4) is 11.1 Å². The molecule has 5 rings (SSSR count). The number of benzene rings is 1. The van der Waals surface area contributed by atoms with Gasteiger partial charge in [-0.2, -0.15) is 22.0 Å². The van der Waals surface area contributed by atoms with E-state index < -0.39 is 42.0 Å². The molecule has 0 aliphatic carbocycles. The maximum Gasteiger partial charge on any atom is 0.389 e. The van der Waals surface area contributed by atoms with Crippen LogP contribution in [0, 0.1) is 18.7 Å². The number of carbonyl (C=O) groups is 1. The number of imidazole rings is 1. The number of fused-ring (bicyclic) bond motifs is 1. The highest BCUT2D eigenvalue weighted by atomic mass is 19.4. The molecule has 2 aromatic heterocycles. The lowest BCUT2D eigenvalue weighted by molar-refractivity contribution is -0.143. The molecule has 216 valence electrons. The zero-order valence-corrected chi connectivity index (χ0v) is 22.0. The average molecular weight is 570 g/mol. The Labute approximate surface area is 226 Å². The number of alkyl halides is 5. The van der Waals surface area contributed by atoms with Gasteiger partial charge in [-0.05, 0) is 48.6 Å². The Morgan fingerprint density at radius 2 is 1.82 bits per heavy atom. The first-order chi connectivity index (χ1) is 18.8. The van der Waals surface area contributed by atoms with Crippen LogP contribution in [-0.4, -0.2) is 65.9 Å². The maximum absolute atomic E-state index is 14.9. The minimum Gasteiger partial charge on any atom is -0.378 e. The molecule has 13 heteroatoms. The second-order valence-electron chi connectivity index (χ2n) is 10.5. The number of morpholine rings is 1. The van der Waals surface area contributed by atoms with Gasteiger partial charge < -0.3 is 24.3 Å². The number of aryl methyl sites for hydroxylation is 1. The minimum absolute atomic E-state index is 0.0731. The van der Waals surface area contributed by atoms with Gasteiger partial charge in [0.15, 0.2) is 5.65 Å².